The number of nitrogens with zero attached hydrogens (tertiary/aromatic N) is 3. The average molecular weight is 309 g/mol. The molecule has 3 aromatic heterocycles. The van der Waals surface area contributed by atoms with Crippen LogP contribution in [0.1, 0.15) is 11.3 Å². The van der Waals surface area contributed by atoms with Crippen molar-refractivity contribution in [1.29, 1.82) is 0 Å². The Bertz CT molecular complexity index is 1060. The Balaban J connectivity index is 1.88. The van der Waals surface area contributed by atoms with E-state index in [9.17, 15) is 4.79 Å². The van der Waals surface area contributed by atoms with Crippen molar-refractivity contribution in [3.8, 4) is 11.4 Å². The third kappa shape index (κ3) is 2.05. The van der Waals surface area contributed by atoms with E-state index < -0.39 is 0 Å². The van der Waals surface area contributed by atoms with Gasteiger partial charge in [-0.05, 0) is 24.6 Å². The lowest BCUT2D eigenvalue weighted by Gasteiger charge is -1.98. The van der Waals surface area contributed by atoms with Gasteiger partial charge in [0.15, 0.2) is 5.82 Å². The van der Waals surface area contributed by atoms with Crippen LogP contribution in [-0.4, -0.2) is 14.6 Å². The summed E-state index contributed by atoms with van der Waals surface area (Å²) in [5.41, 5.74) is 1.84. The van der Waals surface area contributed by atoms with Crippen molar-refractivity contribution in [1.82, 2.24) is 14.6 Å². The topological polar surface area (TPSA) is 60.4 Å². The molecule has 0 saturated carbocycles. The van der Waals surface area contributed by atoms with E-state index in [0.29, 0.717) is 21.1 Å². The van der Waals surface area contributed by atoms with Crippen LogP contribution < -0.4 is 10.1 Å². The molecule has 0 aliphatic carbocycles. The molecule has 3 heterocycles. The first-order valence-electron chi connectivity index (χ1n) is 6.73. The number of hydrogen-bond acceptors (Lipinski definition) is 5. The van der Waals surface area contributed by atoms with Gasteiger partial charge < -0.3 is 4.42 Å². The van der Waals surface area contributed by atoms with Crippen LogP contribution in [0.25, 0.3) is 22.4 Å². The zero-order valence-corrected chi connectivity index (χ0v) is 12.5. The Morgan fingerprint density at radius 3 is 2.82 bits per heavy atom. The summed E-state index contributed by atoms with van der Waals surface area (Å²) in [4.78, 5) is 17.4. The molecule has 0 saturated heterocycles. The van der Waals surface area contributed by atoms with E-state index in [1.54, 1.807) is 24.5 Å². The maximum atomic E-state index is 12.4. The van der Waals surface area contributed by atoms with Gasteiger partial charge in [0, 0.05) is 11.6 Å². The first-order chi connectivity index (χ1) is 10.7. The van der Waals surface area contributed by atoms with Gasteiger partial charge in [0.1, 0.15) is 10.3 Å². The molecule has 1 aromatic carbocycles. The van der Waals surface area contributed by atoms with Gasteiger partial charge in [0.25, 0.3) is 5.56 Å². The van der Waals surface area contributed by atoms with Gasteiger partial charge in [-0.1, -0.05) is 35.6 Å². The second kappa shape index (κ2) is 4.92. The van der Waals surface area contributed by atoms with Gasteiger partial charge in [-0.2, -0.15) is 9.50 Å². The molecule has 4 rings (SSSR count). The summed E-state index contributed by atoms with van der Waals surface area (Å²) in [6.07, 6.45) is 3.28. The average Bonchev–Trinajstić information content (AvgIpc) is 3.20. The van der Waals surface area contributed by atoms with Crippen LogP contribution in [0.15, 0.2) is 51.9 Å². The van der Waals surface area contributed by atoms with Crippen molar-refractivity contribution in [2.45, 2.75) is 6.92 Å². The van der Waals surface area contributed by atoms with Crippen LogP contribution >= 0.6 is 11.3 Å². The van der Waals surface area contributed by atoms with Crippen molar-refractivity contribution in [3.63, 3.8) is 0 Å². The molecule has 5 nitrogen and oxygen atoms in total. The second-order valence-electron chi connectivity index (χ2n) is 4.88. The number of benzene rings is 1. The summed E-state index contributed by atoms with van der Waals surface area (Å²) in [6, 6.07) is 11.4. The zero-order chi connectivity index (χ0) is 15.1. The van der Waals surface area contributed by atoms with Crippen molar-refractivity contribution in [2.24, 2.45) is 0 Å². The fraction of sp³-hybridized carbons (Fsp3) is 0.0625. The highest BCUT2D eigenvalue weighted by Gasteiger charge is 2.13. The van der Waals surface area contributed by atoms with E-state index in [1.807, 2.05) is 31.2 Å². The molecular weight excluding hydrogens is 298 g/mol. The van der Waals surface area contributed by atoms with E-state index in [1.165, 1.54) is 15.9 Å². The molecule has 0 N–H and O–H groups in total. The smallest absolute Gasteiger partial charge is 0.291 e. The Kier molecular flexibility index (Phi) is 2.90. The zero-order valence-electron chi connectivity index (χ0n) is 11.7. The molecular formula is C16H11N3O2S. The number of hydrogen-bond donors (Lipinski definition) is 0. The molecule has 0 spiro atoms. The van der Waals surface area contributed by atoms with Crippen LogP contribution in [0.5, 0.6) is 0 Å². The highest BCUT2D eigenvalue weighted by atomic mass is 32.1. The Morgan fingerprint density at radius 2 is 2.09 bits per heavy atom. The summed E-state index contributed by atoms with van der Waals surface area (Å²) in [7, 11) is 0. The predicted molar refractivity (Wildman–Crippen MR) is 84.8 cm³/mol. The van der Waals surface area contributed by atoms with Crippen LogP contribution in [-0.2, 0) is 0 Å². The fourth-order valence-corrected chi connectivity index (χ4v) is 3.16. The molecule has 0 unspecified atom stereocenters. The lowest BCUT2D eigenvalue weighted by Crippen LogP contribution is -2.23. The molecule has 108 valence electrons. The Labute approximate surface area is 129 Å². The van der Waals surface area contributed by atoms with Crippen LogP contribution in [0.4, 0.5) is 0 Å². The van der Waals surface area contributed by atoms with E-state index in [0.717, 1.165) is 11.1 Å². The fourth-order valence-electron chi connectivity index (χ4n) is 2.27. The minimum Gasteiger partial charge on any atom is -0.465 e. The highest BCUT2D eigenvalue weighted by Crippen LogP contribution is 2.20. The highest BCUT2D eigenvalue weighted by molar-refractivity contribution is 7.15. The van der Waals surface area contributed by atoms with Gasteiger partial charge in [0.05, 0.1) is 6.26 Å². The molecule has 0 fully saturated rings. The number of rotatable bonds is 2. The maximum absolute atomic E-state index is 12.4. The standard InChI is InChI=1S/C16H11N3O2S/c1-10-5-2-3-7-12(10)14-17-16-19(18-14)15(20)13(22-16)9-11-6-4-8-21-11/h2-9H,1H3. The first-order valence-corrected chi connectivity index (χ1v) is 7.55. The molecule has 0 aliphatic rings. The Morgan fingerprint density at radius 1 is 1.23 bits per heavy atom. The lowest BCUT2D eigenvalue weighted by atomic mass is 10.1. The summed E-state index contributed by atoms with van der Waals surface area (Å²) in [6.45, 7) is 2.00. The van der Waals surface area contributed by atoms with Crippen molar-refractivity contribution in [3.05, 3.63) is 68.9 Å². The largest absolute Gasteiger partial charge is 0.465 e. The summed E-state index contributed by atoms with van der Waals surface area (Å²) in [5.74, 6) is 1.21. The minimum atomic E-state index is -0.177. The van der Waals surface area contributed by atoms with E-state index in [2.05, 4.69) is 10.1 Å². The van der Waals surface area contributed by atoms with Crippen LogP contribution in [0.3, 0.4) is 0 Å². The van der Waals surface area contributed by atoms with E-state index in [4.69, 9.17) is 4.42 Å². The number of thiazole rings is 1. The van der Waals surface area contributed by atoms with Crippen molar-refractivity contribution < 1.29 is 4.42 Å². The van der Waals surface area contributed by atoms with E-state index in [-0.39, 0.29) is 5.56 Å². The number of fused-ring (bicyclic) bond motifs is 1. The molecule has 0 bridgehead atoms. The van der Waals surface area contributed by atoms with Crippen molar-refractivity contribution in [2.75, 3.05) is 0 Å². The molecule has 0 aliphatic heterocycles. The SMILES string of the molecule is Cc1ccccc1-c1nc2sc(=Cc3ccco3)c(=O)n2n1. The molecule has 22 heavy (non-hydrogen) atoms. The first kappa shape index (κ1) is 13.0. The monoisotopic (exact) mass is 309 g/mol. The molecule has 0 radical (unpaired) electrons. The van der Waals surface area contributed by atoms with E-state index >= 15 is 0 Å². The summed E-state index contributed by atoms with van der Waals surface area (Å²) < 4.78 is 7.14. The number of furan rings is 1. The number of aryl methyl sites for hydroxylation is 1. The van der Waals surface area contributed by atoms with Gasteiger partial charge in [-0.25, -0.2) is 0 Å². The molecule has 0 atom stereocenters. The Hall–Kier alpha value is -2.73. The lowest BCUT2D eigenvalue weighted by molar-refractivity contribution is 0.556. The second-order valence-corrected chi connectivity index (χ2v) is 5.89. The molecule has 4 aromatic rings. The normalized spacial score (nSPS) is 12.3. The minimum absolute atomic E-state index is 0.177. The third-order valence-corrected chi connectivity index (χ3v) is 4.34. The molecule has 6 heteroatoms. The summed E-state index contributed by atoms with van der Waals surface area (Å²) in [5, 5.41) is 4.35. The third-order valence-electron chi connectivity index (χ3n) is 3.38. The van der Waals surface area contributed by atoms with Gasteiger partial charge in [-0.3, -0.25) is 4.79 Å². The van der Waals surface area contributed by atoms with Crippen molar-refractivity contribution >= 4 is 22.4 Å². The van der Waals surface area contributed by atoms with Crippen LogP contribution in [0, 0.1) is 6.92 Å². The molecule has 0 amide bonds. The number of aromatic nitrogens is 3. The van der Waals surface area contributed by atoms with Gasteiger partial charge in [0.2, 0.25) is 4.96 Å². The maximum Gasteiger partial charge on any atom is 0.291 e. The predicted octanol–water partition coefficient (Wildman–Crippen LogP) is 2.27. The van der Waals surface area contributed by atoms with Crippen LogP contribution in [0.2, 0.25) is 0 Å². The van der Waals surface area contributed by atoms with Gasteiger partial charge in [-0.15, -0.1) is 5.10 Å². The quantitative estimate of drug-likeness (QED) is 0.570. The summed E-state index contributed by atoms with van der Waals surface area (Å²) >= 11 is 1.30. The van der Waals surface area contributed by atoms with Gasteiger partial charge >= 0.3 is 0 Å².